The fourth-order valence-electron chi connectivity index (χ4n) is 4.02. The number of aromatic nitrogens is 3. The molecule has 0 atom stereocenters. The zero-order chi connectivity index (χ0) is 20.5. The van der Waals surface area contributed by atoms with E-state index < -0.39 is 0 Å². The molecule has 1 saturated heterocycles. The maximum Gasteiger partial charge on any atom is 0.260 e. The highest BCUT2D eigenvalue weighted by Crippen LogP contribution is 2.36. The van der Waals surface area contributed by atoms with E-state index in [1.807, 2.05) is 42.5 Å². The lowest BCUT2D eigenvalue weighted by Gasteiger charge is -2.31. The van der Waals surface area contributed by atoms with Crippen molar-refractivity contribution in [3.05, 3.63) is 69.3 Å². The highest BCUT2D eigenvalue weighted by Gasteiger charge is 2.25. The van der Waals surface area contributed by atoms with Gasteiger partial charge >= 0.3 is 0 Å². The molecule has 0 bridgehead atoms. The summed E-state index contributed by atoms with van der Waals surface area (Å²) in [6, 6.07) is 15.4. The van der Waals surface area contributed by atoms with Crippen molar-refractivity contribution >= 4 is 28.2 Å². The second-order valence-electron chi connectivity index (χ2n) is 7.44. The van der Waals surface area contributed by atoms with Crippen LogP contribution < -0.4 is 15.2 Å². The quantitative estimate of drug-likeness (QED) is 0.531. The van der Waals surface area contributed by atoms with Gasteiger partial charge in [-0.1, -0.05) is 24.3 Å². The molecule has 152 valence electrons. The van der Waals surface area contributed by atoms with Crippen molar-refractivity contribution in [1.82, 2.24) is 15.0 Å². The summed E-state index contributed by atoms with van der Waals surface area (Å²) in [7, 11) is 1.69. The first-order valence-corrected chi connectivity index (χ1v) is 10.9. The number of hydrogen-bond acceptors (Lipinski definition) is 6. The van der Waals surface area contributed by atoms with E-state index in [2.05, 4.69) is 20.2 Å². The van der Waals surface area contributed by atoms with Gasteiger partial charge in [-0.2, -0.15) is 0 Å². The molecule has 1 fully saturated rings. The highest BCUT2D eigenvalue weighted by molar-refractivity contribution is 7.10. The first kappa shape index (κ1) is 18.8. The fourth-order valence-corrected chi connectivity index (χ4v) is 5.01. The number of anilines is 1. The van der Waals surface area contributed by atoms with Crippen LogP contribution in [0.3, 0.4) is 0 Å². The second kappa shape index (κ2) is 7.91. The lowest BCUT2D eigenvalue weighted by atomic mass is 9.98. The number of thiazole rings is 1. The summed E-state index contributed by atoms with van der Waals surface area (Å²) in [6.45, 7) is 1.69. The van der Waals surface area contributed by atoms with Crippen LogP contribution in [0.25, 0.3) is 22.2 Å². The zero-order valence-electron chi connectivity index (χ0n) is 16.7. The normalized spacial score (nSPS) is 14.9. The summed E-state index contributed by atoms with van der Waals surface area (Å²) in [5.41, 5.74) is 2.65. The largest absolute Gasteiger partial charge is 0.496 e. The Bertz CT molecular complexity index is 1240. The van der Waals surface area contributed by atoms with Gasteiger partial charge in [-0.3, -0.25) is 9.78 Å². The second-order valence-corrected chi connectivity index (χ2v) is 8.33. The molecule has 0 saturated carbocycles. The van der Waals surface area contributed by atoms with Crippen molar-refractivity contribution in [2.45, 2.75) is 18.8 Å². The Morgan fingerprint density at radius 3 is 2.67 bits per heavy atom. The van der Waals surface area contributed by atoms with Gasteiger partial charge in [0.2, 0.25) is 5.95 Å². The van der Waals surface area contributed by atoms with Crippen LogP contribution >= 0.6 is 11.3 Å². The smallest absolute Gasteiger partial charge is 0.260 e. The van der Waals surface area contributed by atoms with Crippen LogP contribution in [0.4, 0.5) is 5.95 Å². The molecule has 1 N–H and O–H groups in total. The van der Waals surface area contributed by atoms with Crippen molar-refractivity contribution in [2.75, 3.05) is 25.1 Å². The molecule has 0 spiro atoms. The minimum Gasteiger partial charge on any atom is -0.496 e. The van der Waals surface area contributed by atoms with Gasteiger partial charge in [0.1, 0.15) is 5.75 Å². The summed E-state index contributed by atoms with van der Waals surface area (Å²) in [4.78, 5) is 27.1. The van der Waals surface area contributed by atoms with Crippen LogP contribution in [0.1, 0.15) is 23.8 Å². The lowest BCUT2D eigenvalue weighted by molar-refractivity contribution is 0.416. The summed E-state index contributed by atoms with van der Waals surface area (Å²) < 4.78 is 5.48. The average Bonchev–Trinajstić information content (AvgIpc) is 3.29. The molecule has 1 aliphatic rings. The third-order valence-electron chi connectivity index (χ3n) is 5.65. The third kappa shape index (κ3) is 3.45. The van der Waals surface area contributed by atoms with E-state index >= 15 is 0 Å². The summed E-state index contributed by atoms with van der Waals surface area (Å²) in [6.07, 6.45) is 1.96. The van der Waals surface area contributed by atoms with E-state index in [1.165, 1.54) is 0 Å². The molecule has 30 heavy (non-hydrogen) atoms. The molecular formula is C23H22N4O2S. The molecule has 2 aromatic heterocycles. The van der Waals surface area contributed by atoms with Crippen molar-refractivity contribution in [2.24, 2.45) is 0 Å². The molecule has 0 aliphatic carbocycles. The van der Waals surface area contributed by atoms with Crippen molar-refractivity contribution < 1.29 is 4.74 Å². The van der Waals surface area contributed by atoms with Crippen molar-refractivity contribution in [3.8, 4) is 17.0 Å². The Balaban J connectivity index is 1.32. The van der Waals surface area contributed by atoms with E-state index in [0.29, 0.717) is 17.3 Å². The average molecular weight is 419 g/mol. The predicted octanol–water partition coefficient (Wildman–Crippen LogP) is 4.44. The van der Waals surface area contributed by atoms with Crippen LogP contribution in [0.15, 0.2) is 58.7 Å². The number of aromatic amines is 1. The first-order valence-electron chi connectivity index (χ1n) is 10.1. The Hall–Kier alpha value is -3.19. The molecule has 5 rings (SSSR count). The van der Waals surface area contributed by atoms with Crippen molar-refractivity contribution in [1.29, 1.82) is 0 Å². The Morgan fingerprint density at radius 1 is 1.07 bits per heavy atom. The number of H-pyrrole nitrogens is 1. The summed E-state index contributed by atoms with van der Waals surface area (Å²) in [5, 5.41) is 3.90. The monoisotopic (exact) mass is 418 g/mol. The summed E-state index contributed by atoms with van der Waals surface area (Å²) in [5.74, 6) is 1.92. The van der Waals surface area contributed by atoms with Gasteiger partial charge in [0.25, 0.3) is 5.56 Å². The van der Waals surface area contributed by atoms with Gasteiger partial charge in [-0.15, -0.1) is 11.3 Å². The van der Waals surface area contributed by atoms with E-state index in [9.17, 15) is 4.79 Å². The number of hydrogen-bond donors (Lipinski definition) is 1. The Kier molecular flexibility index (Phi) is 4.96. The topological polar surface area (TPSA) is 71.1 Å². The van der Waals surface area contributed by atoms with Gasteiger partial charge in [-0.05, 0) is 37.1 Å². The number of ether oxygens (including phenoxy) is 1. The molecule has 2 aromatic carbocycles. The van der Waals surface area contributed by atoms with Crippen LogP contribution in [-0.2, 0) is 0 Å². The maximum atomic E-state index is 12.4. The standard InChI is InChI=1S/C23H22N4O2S/c1-29-20-9-5-3-6-16(20)19-14-30-22(24-19)15-10-12-27(13-11-15)23-25-18-8-4-2-7-17(18)21(28)26-23/h2-9,14-15H,10-13H2,1H3,(H,25,26,28). The predicted molar refractivity (Wildman–Crippen MR) is 121 cm³/mol. The van der Waals surface area contributed by atoms with Gasteiger partial charge in [-0.25, -0.2) is 9.97 Å². The van der Waals surface area contributed by atoms with E-state index in [-0.39, 0.29) is 5.56 Å². The number of para-hydroxylation sites is 2. The Morgan fingerprint density at radius 2 is 1.83 bits per heavy atom. The molecule has 1 aliphatic heterocycles. The maximum absolute atomic E-state index is 12.4. The molecule has 4 aromatic rings. The van der Waals surface area contributed by atoms with Crippen LogP contribution in [-0.4, -0.2) is 35.2 Å². The number of benzene rings is 2. The molecule has 0 radical (unpaired) electrons. The van der Waals surface area contributed by atoms with E-state index in [1.54, 1.807) is 24.5 Å². The zero-order valence-corrected chi connectivity index (χ0v) is 17.5. The Labute approximate surface area is 178 Å². The highest BCUT2D eigenvalue weighted by atomic mass is 32.1. The molecular weight excluding hydrogens is 396 g/mol. The minimum atomic E-state index is -0.0842. The molecule has 6 nitrogen and oxygen atoms in total. The van der Waals surface area contributed by atoms with Gasteiger partial charge < -0.3 is 9.64 Å². The number of fused-ring (bicyclic) bond motifs is 1. The molecule has 7 heteroatoms. The third-order valence-corrected chi connectivity index (χ3v) is 6.66. The molecule has 0 unspecified atom stereocenters. The van der Waals surface area contributed by atoms with E-state index in [0.717, 1.165) is 53.5 Å². The van der Waals surface area contributed by atoms with Crippen LogP contribution in [0.2, 0.25) is 0 Å². The van der Waals surface area contributed by atoms with Crippen LogP contribution in [0.5, 0.6) is 5.75 Å². The number of piperidine rings is 1. The number of rotatable bonds is 4. The summed E-state index contributed by atoms with van der Waals surface area (Å²) >= 11 is 1.71. The SMILES string of the molecule is COc1ccccc1-c1csc(C2CCN(c3nc4ccccc4c(=O)[nH]3)CC2)n1. The number of nitrogens with one attached hydrogen (secondary N) is 1. The van der Waals surface area contributed by atoms with E-state index in [4.69, 9.17) is 9.72 Å². The van der Waals surface area contributed by atoms with Gasteiger partial charge in [0, 0.05) is 30.0 Å². The minimum absolute atomic E-state index is 0.0842. The van der Waals surface area contributed by atoms with Gasteiger partial charge in [0.15, 0.2) is 0 Å². The molecule has 3 heterocycles. The van der Waals surface area contributed by atoms with Gasteiger partial charge in [0.05, 0.1) is 28.7 Å². The fraction of sp³-hybridized carbons (Fsp3) is 0.261. The number of methoxy groups -OCH3 is 1. The number of nitrogens with zero attached hydrogens (tertiary/aromatic N) is 3. The lowest BCUT2D eigenvalue weighted by Crippen LogP contribution is -2.35. The van der Waals surface area contributed by atoms with Crippen LogP contribution in [0, 0.1) is 0 Å². The van der Waals surface area contributed by atoms with Crippen molar-refractivity contribution in [3.63, 3.8) is 0 Å². The first-order chi connectivity index (χ1) is 14.7. The molecule has 0 amide bonds.